The van der Waals surface area contributed by atoms with E-state index in [0.717, 1.165) is 12.8 Å². The number of carbonyl (C=O) groups excluding carboxylic acids is 2. The molecule has 0 aromatic carbocycles. The number of unbranched alkanes of at least 4 members (excludes halogenated alkanes) is 1. The molecule has 0 aliphatic carbocycles. The van der Waals surface area contributed by atoms with E-state index in [2.05, 4.69) is 19.2 Å². The molecule has 0 aromatic heterocycles. The summed E-state index contributed by atoms with van der Waals surface area (Å²) in [5, 5.41) is 2.89. The molecule has 0 radical (unpaired) electrons. The first kappa shape index (κ1) is 18.0. The van der Waals surface area contributed by atoms with Gasteiger partial charge in [0.05, 0.1) is 0 Å². The third-order valence-electron chi connectivity index (χ3n) is 5.04. The van der Waals surface area contributed by atoms with Gasteiger partial charge in [-0.05, 0) is 32.1 Å². The summed E-state index contributed by atoms with van der Waals surface area (Å²) in [7, 11) is 0. The van der Waals surface area contributed by atoms with Crippen molar-refractivity contribution in [2.45, 2.75) is 84.7 Å². The molecule has 0 bridgehead atoms. The number of nitrogens with one attached hydrogen (secondary N) is 1. The molecule has 1 aliphatic rings. The molecule has 1 N–H and O–H groups in total. The molecule has 1 saturated heterocycles. The highest BCUT2D eigenvalue weighted by molar-refractivity contribution is 5.99. The molecule has 21 heavy (non-hydrogen) atoms. The highest BCUT2D eigenvalue weighted by Gasteiger charge is 2.47. The number of hydrogen-bond donors (Lipinski definition) is 1. The van der Waals surface area contributed by atoms with Crippen molar-refractivity contribution in [1.82, 2.24) is 10.2 Å². The van der Waals surface area contributed by atoms with Crippen LogP contribution in [0.3, 0.4) is 0 Å². The molecule has 2 amide bonds. The van der Waals surface area contributed by atoms with Crippen LogP contribution >= 0.6 is 0 Å². The number of amides is 2. The second kappa shape index (κ2) is 7.81. The van der Waals surface area contributed by atoms with E-state index >= 15 is 0 Å². The predicted octanol–water partition coefficient (Wildman–Crippen LogP) is 3.11. The summed E-state index contributed by atoms with van der Waals surface area (Å²) in [6.45, 7) is 10.9. The minimum absolute atomic E-state index is 0.00166. The second-order valence-electron chi connectivity index (χ2n) is 6.43. The van der Waals surface area contributed by atoms with Crippen LogP contribution in [-0.4, -0.2) is 34.8 Å². The van der Waals surface area contributed by atoms with Gasteiger partial charge < -0.3 is 10.2 Å². The van der Waals surface area contributed by atoms with Crippen LogP contribution in [0.1, 0.15) is 73.1 Å². The van der Waals surface area contributed by atoms with Gasteiger partial charge in [-0.3, -0.25) is 9.59 Å². The molecule has 0 spiro atoms. The zero-order valence-electron chi connectivity index (χ0n) is 14.4. The van der Waals surface area contributed by atoms with E-state index in [-0.39, 0.29) is 17.9 Å². The van der Waals surface area contributed by atoms with Crippen LogP contribution < -0.4 is 5.32 Å². The van der Waals surface area contributed by atoms with E-state index < -0.39 is 5.54 Å². The van der Waals surface area contributed by atoms with Crippen LogP contribution in [0.2, 0.25) is 0 Å². The van der Waals surface area contributed by atoms with Gasteiger partial charge in [-0.25, -0.2) is 0 Å². The number of hydrogen-bond acceptors (Lipinski definition) is 2. The molecule has 4 heteroatoms. The molecule has 1 fully saturated rings. The van der Waals surface area contributed by atoms with E-state index in [9.17, 15) is 9.59 Å². The number of carbonyl (C=O) groups is 2. The minimum atomic E-state index is -0.692. The van der Waals surface area contributed by atoms with Gasteiger partial charge in [-0.2, -0.15) is 0 Å². The highest BCUT2D eigenvalue weighted by atomic mass is 16.2. The van der Waals surface area contributed by atoms with Gasteiger partial charge >= 0.3 is 0 Å². The average molecular weight is 296 g/mol. The summed E-state index contributed by atoms with van der Waals surface area (Å²) >= 11 is 0. The summed E-state index contributed by atoms with van der Waals surface area (Å²) in [5.74, 6) is 0.585. The monoisotopic (exact) mass is 296 g/mol. The summed E-state index contributed by atoms with van der Waals surface area (Å²) in [6.07, 6.45) is 5.87. The molecule has 4 nitrogen and oxygen atoms in total. The van der Waals surface area contributed by atoms with Crippen LogP contribution in [0.25, 0.3) is 0 Å². The second-order valence-corrected chi connectivity index (χ2v) is 6.43. The highest BCUT2D eigenvalue weighted by Crippen LogP contribution is 2.28. The molecule has 1 heterocycles. The third kappa shape index (κ3) is 3.78. The SMILES string of the molecule is CCCCC(CC)CN1C(=O)C(CC)NC(=O)C1(C)CC. The molecular formula is C17H32N2O2. The molecule has 1 aliphatic heterocycles. The van der Waals surface area contributed by atoms with Crippen molar-refractivity contribution in [1.29, 1.82) is 0 Å². The third-order valence-corrected chi connectivity index (χ3v) is 5.04. The summed E-state index contributed by atoms with van der Waals surface area (Å²) in [5.41, 5.74) is -0.692. The fourth-order valence-corrected chi connectivity index (χ4v) is 3.02. The lowest BCUT2D eigenvalue weighted by Gasteiger charge is -2.47. The van der Waals surface area contributed by atoms with Gasteiger partial charge in [-0.15, -0.1) is 0 Å². The molecule has 0 aromatic rings. The van der Waals surface area contributed by atoms with E-state index in [1.54, 1.807) is 0 Å². The zero-order valence-corrected chi connectivity index (χ0v) is 14.4. The smallest absolute Gasteiger partial charge is 0.246 e. The maximum atomic E-state index is 12.7. The van der Waals surface area contributed by atoms with Crippen molar-refractivity contribution in [3.63, 3.8) is 0 Å². The molecular weight excluding hydrogens is 264 g/mol. The lowest BCUT2D eigenvalue weighted by atomic mass is 9.87. The normalized spacial score (nSPS) is 27.7. The molecule has 1 rings (SSSR count). The van der Waals surface area contributed by atoms with Gasteiger partial charge in [0.2, 0.25) is 11.8 Å². The van der Waals surface area contributed by atoms with E-state index in [1.807, 2.05) is 25.7 Å². The van der Waals surface area contributed by atoms with Gasteiger partial charge in [-0.1, -0.05) is 47.0 Å². The Bertz CT molecular complexity index is 370. The minimum Gasteiger partial charge on any atom is -0.342 e. The maximum Gasteiger partial charge on any atom is 0.246 e. The van der Waals surface area contributed by atoms with Gasteiger partial charge in [0.15, 0.2) is 0 Å². The first-order valence-corrected chi connectivity index (χ1v) is 8.56. The summed E-state index contributed by atoms with van der Waals surface area (Å²) in [6, 6.07) is -0.346. The van der Waals surface area contributed by atoms with Crippen molar-refractivity contribution in [3.8, 4) is 0 Å². The molecule has 3 unspecified atom stereocenters. The Balaban J connectivity index is 2.94. The zero-order chi connectivity index (χ0) is 16.0. The van der Waals surface area contributed by atoms with Crippen LogP contribution in [-0.2, 0) is 9.59 Å². The van der Waals surface area contributed by atoms with E-state index in [1.165, 1.54) is 12.8 Å². The van der Waals surface area contributed by atoms with Gasteiger partial charge in [0, 0.05) is 6.54 Å². The van der Waals surface area contributed by atoms with Crippen molar-refractivity contribution in [2.24, 2.45) is 5.92 Å². The Morgan fingerprint density at radius 1 is 1.24 bits per heavy atom. The van der Waals surface area contributed by atoms with Gasteiger partial charge in [0.1, 0.15) is 11.6 Å². The first-order valence-electron chi connectivity index (χ1n) is 8.56. The standard InChI is InChI=1S/C17H32N2O2/c1-6-10-11-13(7-2)12-19-15(20)14(8-3)18-16(21)17(19,5)9-4/h13-14H,6-12H2,1-5H3,(H,18,21). The van der Waals surface area contributed by atoms with Crippen LogP contribution in [0.15, 0.2) is 0 Å². The predicted molar refractivity (Wildman–Crippen MR) is 85.9 cm³/mol. The quantitative estimate of drug-likeness (QED) is 0.748. The van der Waals surface area contributed by atoms with E-state index in [4.69, 9.17) is 0 Å². The Labute approximate surface area is 129 Å². The number of piperazine rings is 1. The van der Waals surface area contributed by atoms with Crippen molar-refractivity contribution in [3.05, 3.63) is 0 Å². The largest absolute Gasteiger partial charge is 0.342 e. The van der Waals surface area contributed by atoms with Crippen molar-refractivity contribution < 1.29 is 9.59 Å². The number of rotatable bonds is 8. The van der Waals surface area contributed by atoms with Crippen LogP contribution in [0.5, 0.6) is 0 Å². The van der Waals surface area contributed by atoms with E-state index in [0.29, 0.717) is 25.3 Å². The Hall–Kier alpha value is -1.06. The summed E-state index contributed by atoms with van der Waals surface area (Å²) < 4.78 is 0. The molecule has 3 atom stereocenters. The topological polar surface area (TPSA) is 49.4 Å². The Morgan fingerprint density at radius 3 is 2.38 bits per heavy atom. The van der Waals surface area contributed by atoms with Crippen LogP contribution in [0.4, 0.5) is 0 Å². The lowest BCUT2D eigenvalue weighted by molar-refractivity contribution is -0.157. The molecule has 122 valence electrons. The summed E-state index contributed by atoms with van der Waals surface area (Å²) in [4.78, 5) is 27.0. The van der Waals surface area contributed by atoms with Crippen molar-refractivity contribution >= 4 is 11.8 Å². The Morgan fingerprint density at radius 2 is 1.90 bits per heavy atom. The van der Waals surface area contributed by atoms with Crippen molar-refractivity contribution in [2.75, 3.05) is 6.54 Å². The Kier molecular flexibility index (Phi) is 6.69. The molecule has 0 saturated carbocycles. The van der Waals surface area contributed by atoms with Gasteiger partial charge in [0.25, 0.3) is 0 Å². The number of nitrogens with zero attached hydrogens (tertiary/aromatic N) is 1. The fourth-order valence-electron chi connectivity index (χ4n) is 3.02. The van der Waals surface area contributed by atoms with Crippen LogP contribution in [0, 0.1) is 5.92 Å². The lowest BCUT2D eigenvalue weighted by Crippen LogP contribution is -2.69. The maximum absolute atomic E-state index is 12.7. The average Bonchev–Trinajstić information content (AvgIpc) is 2.50. The fraction of sp³-hybridized carbons (Fsp3) is 0.882. The first-order chi connectivity index (χ1) is 9.94.